The fourth-order valence-corrected chi connectivity index (χ4v) is 4.91. The van der Waals surface area contributed by atoms with Crippen molar-refractivity contribution < 1.29 is 50.4 Å². The van der Waals surface area contributed by atoms with Crippen LogP contribution < -0.4 is 10.1 Å². The van der Waals surface area contributed by atoms with Crippen molar-refractivity contribution in [2.45, 2.75) is 69.6 Å². The molecule has 0 saturated carbocycles. The van der Waals surface area contributed by atoms with Crippen molar-refractivity contribution in [3.8, 4) is 11.9 Å². The lowest BCUT2D eigenvalue weighted by Crippen LogP contribution is -2.36. The molecule has 1 unspecified atom stereocenters. The summed E-state index contributed by atoms with van der Waals surface area (Å²) in [6.07, 6.45) is -8.57. The van der Waals surface area contributed by atoms with Crippen molar-refractivity contribution in [3.05, 3.63) is 70.0 Å². The van der Waals surface area contributed by atoms with Crippen LogP contribution in [0.1, 0.15) is 66.2 Å². The van der Waals surface area contributed by atoms with E-state index in [0.29, 0.717) is 18.0 Å². The molecule has 16 heteroatoms. The number of nitrogens with one attached hydrogen (secondary N) is 1. The molecule has 3 aromatic rings. The van der Waals surface area contributed by atoms with E-state index in [2.05, 4.69) is 25.2 Å². The number of anilines is 1. The number of alkyl halides is 6. The second kappa shape index (κ2) is 13.9. The van der Waals surface area contributed by atoms with Crippen LogP contribution in [0.25, 0.3) is 0 Å². The molecule has 0 amide bonds. The minimum atomic E-state index is -5.43. The highest BCUT2D eigenvalue weighted by Crippen LogP contribution is 2.42. The molecule has 10 nitrogen and oxygen atoms in total. The van der Waals surface area contributed by atoms with Gasteiger partial charge >= 0.3 is 24.3 Å². The van der Waals surface area contributed by atoms with Crippen LogP contribution in [0.4, 0.5) is 32.2 Å². The van der Waals surface area contributed by atoms with Crippen molar-refractivity contribution in [2.24, 2.45) is 7.05 Å². The van der Waals surface area contributed by atoms with E-state index < -0.39 is 42.0 Å². The molecule has 47 heavy (non-hydrogen) atoms. The van der Waals surface area contributed by atoms with Crippen LogP contribution in [0.3, 0.4) is 0 Å². The average molecular weight is 668 g/mol. The van der Waals surface area contributed by atoms with Crippen molar-refractivity contribution in [1.29, 1.82) is 5.26 Å². The second-order valence-corrected chi connectivity index (χ2v) is 11.5. The van der Waals surface area contributed by atoms with Gasteiger partial charge in [-0.2, -0.15) is 36.7 Å². The van der Waals surface area contributed by atoms with Gasteiger partial charge in [0.15, 0.2) is 0 Å². The first-order valence-corrected chi connectivity index (χ1v) is 14.5. The number of halogens is 6. The maximum Gasteiger partial charge on any atom is 0.495 e. The Morgan fingerprint density at radius 3 is 2.49 bits per heavy atom. The Morgan fingerprint density at radius 1 is 1.06 bits per heavy atom. The first-order valence-electron chi connectivity index (χ1n) is 14.5. The Balaban J connectivity index is 1.55. The second-order valence-electron chi connectivity index (χ2n) is 11.5. The third-order valence-electron chi connectivity index (χ3n) is 7.74. The molecular formula is C31H31F6N5O5. The Morgan fingerprint density at radius 2 is 1.81 bits per heavy atom. The lowest BCUT2D eigenvalue weighted by Gasteiger charge is -2.29. The van der Waals surface area contributed by atoms with Gasteiger partial charge in [0, 0.05) is 37.7 Å². The molecule has 0 spiro atoms. The number of rotatable bonds is 10. The van der Waals surface area contributed by atoms with Gasteiger partial charge in [0.2, 0.25) is 5.88 Å². The van der Waals surface area contributed by atoms with Crippen LogP contribution in [0.15, 0.2) is 36.4 Å². The standard InChI is InChI=1S/C31H31F6N5O5/c1-29(2,31(35,36)37)22-12-18(17-38)11-20(13-22)21(15-26(43)46-47-28(44)30(32,33)34)14-24-16-25(42(3)41-24)45-10-8-23-7-6-19-5-4-9-39-27(19)40-23/h6-7,11-13,16,21H,4-5,8-10,14-15H2,1-3H3,(H,39,40). The number of benzene rings is 1. The van der Waals surface area contributed by atoms with Crippen LogP contribution in [-0.4, -0.2) is 52.2 Å². The number of hydrogen-bond donors (Lipinski definition) is 1. The van der Waals surface area contributed by atoms with Crippen molar-refractivity contribution in [1.82, 2.24) is 14.8 Å². The quantitative estimate of drug-likeness (QED) is 0.162. The molecular weight excluding hydrogens is 636 g/mol. The number of pyridine rings is 1. The number of nitrogens with zero attached hydrogens (tertiary/aromatic N) is 4. The van der Waals surface area contributed by atoms with Gasteiger partial charge in [0.05, 0.1) is 35.8 Å². The zero-order valence-electron chi connectivity index (χ0n) is 25.6. The van der Waals surface area contributed by atoms with Gasteiger partial charge < -0.3 is 10.1 Å². The lowest BCUT2D eigenvalue weighted by molar-refractivity contribution is -0.286. The van der Waals surface area contributed by atoms with Gasteiger partial charge in [-0.15, -0.1) is 0 Å². The maximum absolute atomic E-state index is 13.9. The fourth-order valence-electron chi connectivity index (χ4n) is 4.91. The molecule has 1 aliphatic heterocycles. The zero-order valence-corrected chi connectivity index (χ0v) is 25.6. The molecule has 0 fully saturated rings. The van der Waals surface area contributed by atoms with Gasteiger partial charge in [0.25, 0.3) is 0 Å². The van der Waals surface area contributed by atoms with E-state index in [4.69, 9.17) is 4.74 Å². The molecule has 0 aliphatic carbocycles. The van der Waals surface area contributed by atoms with Gasteiger partial charge in [-0.05, 0) is 68.0 Å². The Labute approximate surface area is 265 Å². The van der Waals surface area contributed by atoms with Crippen LogP contribution in [0, 0.1) is 11.3 Å². The molecule has 1 aliphatic rings. The summed E-state index contributed by atoms with van der Waals surface area (Å²) in [6.45, 7) is 2.92. The largest absolute Gasteiger partial charge is 0.495 e. The van der Waals surface area contributed by atoms with E-state index in [1.807, 2.05) is 12.1 Å². The molecule has 0 bridgehead atoms. The van der Waals surface area contributed by atoms with Crippen molar-refractivity contribution in [2.75, 3.05) is 18.5 Å². The molecule has 2 aromatic heterocycles. The highest BCUT2D eigenvalue weighted by Gasteiger charge is 2.49. The Bertz CT molecular complexity index is 1660. The molecule has 3 heterocycles. The van der Waals surface area contributed by atoms with Crippen LogP contribution >= 0.6 is 0 Å². The number of aromatic nitrogens is 3. The number of hydrogen-bond acceptors (Lipinski definition) is 9. The molecule has 1 N–H and O–H groups in total. The smallest absolute Gasteiger partial charge is 0.477 e. The van der Waals surface area contributed by atoms with Crippen molar-refractivity contribution in [3.63, 3.8) is 0 Å². The molecule has 4 rings (SSSR count). The normalized spacial score (nSPS) is 14.0. The summed E-state index contributed by atoms with van der Waals surface area (Å²) in [6, 6.07) is 10.8. The summed E-state index contributed by atoms with van der Waals surface area (Å²) in [7, 11) is 1.58. The Hall–Kier alpha value is -4.81. The first-order chi connectivity index (χ1) is 22.0. The Kier molecular flexibility index (Phi) is 10.4. The third-order valence-corrected chi connectivity index (χ3v) is 7.74. The fraction of sp³-hybridized carbons (Fsp3) is 0.452. The van der Waals surface area contributed by atoms with E-state index in [9.17, 15) is 41.2 Å². The summed E-state index contributed by atoms with van der Waals surface area (Å²) < 4.78 is 86.6. The lowest BCUT2D eigenvalue weighted by atomic mass is 9.80. The van der Waals surface area contributed by atoms with Gasteiger partial charge in [-0.3, -0.25) is 0 Å². The molecule has 1 atom stereocenters. The SMILES string of the molecule is Cn1nc(CC(CC(=O)OOC(=O)C(F)(F)F)c2cc(C#N)cc(C(C)(C)C(F)(F)F)c2)cc1OCCc1ccc2c(n1)NCCC2. The first kappa shape index (κ1) is 35.1. The van der Waals surface area contributed by atoms with E-state index in [1.165, 1.54) is 10.7 Å². The number of fused-ring (bicyclic) bond motifs is 1. The van der Waals surface area contributed by atoms with E-state index in [0.717, 1.165) is 62.4 Å². The maximum atomic E-state index is 13.9. The van der Waals surface area contributed by atoms with E-state index in [1.54, 1.807) is 19.2 Å². The average Bonchev–Trinajstić information content (AvgIpc) is 3.36. The van der Waals surface area contributed by atoms with Gasteiger partial charge in [0.1, 0.15) is 5.82 Å². The summed E-state index contributed by atoms with van der Waals surface area (Å²) in [4.78, 5) is 35.8. The van der Waals surface area contributed by atoms with E-state index >= 15 is 0 Å². The van der Waals surface area contributed by atoms with Gasteiger partial charge in [-0.25, -0.2) is 29.0 Å². The minimum Gasteiger partial charge on any atom is -0.477 e. The summed E-state index contributed by atoms with van der Waals surface area (Å²) in [5, 5.41) is 17.2. The molecule has 0 saturated heterocycles. The monoisotopic (exact) mass is 667 g/mol. The molecule has 1 aromatic carbocycles. The minimum absolute atomic E-state index is 0.0793. The van der Waals surface area contributed by atoms with Crippen LogP contribution in [-0.2, 0) is 51.1 Å². The van der Waals surface area contributed by atoms with Crippen molar-refractivity contribution >= 4 is 17.8 Å². The number of carbonyl (C=O) groups is 2. The predicted molar refractivity (Wildman–Crippen MR) is 153 cm³/mol. The molecule has 0 radical (unpaired) electrons. The van der Waals surface area contributed by atoms with Gasteiger partial charge in [-0.1, -0.05) is 12.1 Å². The topological polar surface area (TPSA) is 128 Å². The number of aryl methyl sites for hydroxylation is 2. The highest BCUT2D eigenvalue weighted by molar-refractivity contribution is 5.77. The predicted octanol–water partition coefficient (Wildman–Crippen LogP) is 5.79. The van der Waals surface area contributed by atoms with Crippen LogP contribution in [0.2, 0.25) is 0 Å². The summed E-state index contributed by atoms with van der Waals surface area (Å²) in [5.74, 6) is -4.08. The highest BCUT2D eigenvalue weighted by atomic mass is 19.4. The summed E-state index contributed by atoms with van der Waals surface area (Å²) >= 11 is 0. The number of ether oxygens (including phenoxy) is 1. The van der Waals surface area contributed by atoms with E-state index in [-0.39, 0.29) is 29.7 Å². The number of carbonyl (C=O) groups excluding carboxylic acids is 2. The zero-order chi connectivity index (χ0) is 34.6. The number of nitriles is 1. The van der Waals surface area contributed by atoms with Crippen LogP contribution in [0.5, 0.6) is 5.88 Å². The summed E-state index contributed by atoms with van der Waals surface area (Å²) in [5.41, 5.74) is -0.497. The molecule has 252 valence electrons. The third kappa shape index (κ3) is 8.72.